The monoisotopic (exact) mass is 381 g/mol. The van der Waals surface area contributed by atoms with Gasteiger partial charge in [0, 0.05) is 19.7 Å². The summed E-state index contributed by atoms with van der Waals surface area (Å²) in [6, 6.07) is 4.65. The minimum absolute atomic E-state index is 0.146. The Bertz CT molecular complexity index is 896. The number of sulfonamides is 1. The molecule has 1 aromatic carbocycles. The molecule has 0 aliphatic carbocycles. The van der Waals surface area contributed by atoms with Crippen molar-refractivity contribution in [3.8, 4) is 11.8 Å². The Balaban J connectivity index is 1.86. The van der Waals surface area contributed by atoms with Gasteiger partial charge in [-0.2, -0.15) is 0 Å². The second-order valence-corrected chi connectivity index (χ2v) is 7.75. The van der Waals surface area contributed by atoms with E-state index in [-0.39, 0.29) is 4.90 Å². The van der Waals surface area contributed by atoms with E-state index in [0.717, 1.165) is 12.2 Å². The van der Waals surface area contributed by atoms with Crippen LogP contribution >= 0.6 is 0 Å². The molecule has 9 nitrogen and oxygen atoms in total. The van der Waals surface area contributed by atoms with Gasteiger partial charge < -0.3 is 14.4 Å². The summed E-state index contributed by atoms with van der Waals surface area (Å²) in [5.41, 5.74) is 0.874. The minimum atomic E-state index is -3.75. The summed E-state index contributed by atoms with van der Waals surface area (Å²) in [4.78, 5) is 2.18. The summed E-state index contributed by atoms with van der Waals surface area (Å²) in [7, 11) is -0.307. The first-order valence-electron chi connectivity index (χ1n) is 8.34. The number of ether oxygens (including phenoxy) is 2. The Morgan fingerprint density at radius 3 is 2.85 bits per heavy atom. The molecule has 0 bridgehead atoms. The van der Waals surface area contributed by atoms with Crippen LogP contribution in [0.3, 0.4) is 0 Å². The van der Waals surface area contributed by atoms with E-state index in [0.29, 0.717) is 30.7 Å². The third-order valence-corrected chi connectivity index (χ3v) is 5.84. The fourth-order valence-electron chi connectivity index (χ4n) is 2.93. The molecule has 0 unspecified atom stereocenters. The third kappa shape index (κ3) is 3.34. The molecule has 0 saturated carbocycles. The molecule has 1 aliphatic rings. The first-order chi connectivity index (χ1) is 12.4. The van der Waals surface area contributed by atoms with Gasteiger partial charge in [-0.25, -0.2) is 13.1 Å². The van der Waals surface area contributed by atoms with E-state index in [1.165, 1.54) is 7.11 Å². The zero-order valence-corrected chi connectivity index (χ0v) is 16.1. The Kier molecular flexibility index (Phi) is 5.05. The van der Waals surface area contributed by atoms with Gasteiger partial charge in [0.15, 0.2) is 5.82 Å². The van der Waals surface area contributed by atoms with Crippen LogP contribution in [0, 0.1) is 0 Å². The molecule has 1 aliphatic heterocycles. The number of likely N-dealkylation sites (N-methyl/N-ethyl adjacent to an activating group) is 1. The fourth-order valence-corrected chi connectivity index (χ4v) is 4.14. The zero-order chi connectivity index (χ0) is 18.9. The first kappa shape index (κ1) is 18.5. The number of nitrogens with one attached hydrogen (secondary N) is 1. The number of hydrogen-bond acceptors (Lipinski definition) is 7. The molecule has 26 heavy (non-hydrogen) atoms. The van der Waals surface area contributed by atoms with Crippen molar-refractivity contribution in [2.75, 3.05) is 32.2 Å². The van der Waals surface area contributed by atoms with Gasteiger partial charge in [-0.1, -0.05) is 5.10 Å². The summed E-state index contributed by atoms with van der Waals surface area (Å²) in [6.07, 6.45) is 0. The smallest absolute Gasteiger partial charge is 0.316 e. The molecular formula is C16H23N5O4S. The minimum Gasteiger partial charge on any atom is -0.490 e. The van der Waals surface area contributed by atoms with Crippen LogP contribution in [0.2, 0.25) is 0 Å². The second kappa shape index (κ2) is 7.12. The van der Waals surface area contributed by atoms with Crippen molar-refractivity contribution in [2.45, 2.75) is 31.3 Å². The van der Waals surface area contributed by atoms with Crippen LogP contribution < -0.4 is 19.1 Å². The van der Waals surface area contributed by atoms with Crippen molar-refractivity contribution < 1.29 is 17.9 Å². The molecule has 3 rings (SSSR count). The average molecular weight is 381 g/mol. The van der Waals surface area contributed by atoms with Crippen molar-refractivity contribution in [1.29, 1.82) is 0 Å². The molecule has 1 N–H and O–H groups in total. The van der Waals surface area contributed by atoms with Gasteiger partial charge in [-0.15, -0.1) is 5.10 Å². The lowest BCUT2D eigenvalue weighted by Crippen LogP contribution is -2.30. The Hall–Kier alpha value is -2.33. The van der Waals surface area contributed by atoms with Crippen LogP contribution in [0.25, 0.3) is 0 Å². The third-order valence-electron chi connectivity index (χ3n) is 4.30. The van der Waals surface area contributed by atoms with Gasteiger partial charge in [0.1, 0.15) is 12.4 Å². The van der Waals surface area contributed by atoms with Crippen LogP contribution in [0.5, 0.6) is 11.8 Å². The van der Waals surface area contributed by atoms with Crippen molar-refractivity contribution in [3.63, 3.8) is 0 Å². The lowest BCUT2D eigenvalue weighted by atomic mass is 10.2. The van der Waals surface area contributed by atoms with E-state index in [9.17, 15) is 8.42 Å². The largest absolute Gasteiger partial charge is 0.490 e. The summed E-state index contributed by atoms with van der Waals surface area (Å²) < 4.78 is 40.7. The lowest BCUT2D eigenvalue weighted by molar-refractivity contribution is 0.310. The molecule has 0 saturated heterocycles. The Morgan fingerprint density at radius 1 is 1.38 bits per heavy atom. The molecule has 0 amide bonds. The molecular weight excluding hydrogens is 358 g/mol. The van der Waals surface area contributed by atoms with E-state index in [4.69, 9.17) is 9.47 Å². The van der Waals surface area contributed by atoms with Gasteiger partial charge in [-0.3, -0.25) is 4.57 Å². The van der Waals surface area contributed by atoms with Crippen LogP contribution in [0.15, 0.2) is 23.1 Å². The summed E-state index contributed by atoms with van der Waals surface area (Å²) in [5, 5.41) is 7.97. The van der Waals surface area contributed by atoms with E-state index in [1.54, 1.807) is 29.7 Å². The van der Waals surface area contributed by atoms with E-state index in [2.05, 4.69) is 14.9 Å². The van der Waals surface area contributed by atoms with Crippen LogP contribution in [0.4, 0.5) is 5.69 Å². The maximum absolute atomic E-state index is 12.8. The highest BCUT2D eigenvalue weighted by atomic mass is 32.2. The zero-order valence-electron chi connectivity index (χ0n) is 15.3. The number of benzene rings is 1. The summed E-state index contributed by atoms with van der Waals surface area (Å²) >= 11 is 0. The van der Waals surface area contributed by atoms with Gasteiger partial charge in [-0.05, 0) is 26.0 Å². The maximum atomic E-state index is 12.8. The molecule has 0 radical (unpaired) electrons. The highest BCUT2D eigenvalue weighted by Crippen LogP contribution is 2.33. The molecule has 10 heteroatoms. The molecule has 2 aromatic rings. The summed E-state index contributed by atoms with van der Waals surface area (Å²) in [6.45, 7) is 5.49. The lowest BCUT2D eigenvalue weighted by Gasteiger charge is -2.28. The predicted molar refractivity (Wildman–Crippen MR) is 96.2 cm³/mol. The van der Waals surface area contributed by atoms with Crippen LogP contribution in [-0.4, -0.2) is 50.5 Å². The summed E-state index contributed by atoms with van der Waals surface area (Å²) in [5.74, 6) is 1.05. The molecule has 0 spiro atoms. The number of hydrogen-bond donors (Lipinski definition) is 1. The van der Waals surface area contributed by atoms with Crippen molar-refractivity contribution in [1.82, 2.24) is 19.5 Å². The van der Waals surface area contributed by atoms with Gasteiger partial charge >= 0.3 is 6.01 Å². The number of methoxy groups -OCH3 is 1. The number of aromatic nitrogens is 3. The average Bonchev–Trinajstić information content (AvgIpc) is 3.04. The van der Waals surface area contributed by atoms with Crippen molar-refractivity contribution in [2.24, 2.45) is 0 Å². The number of rotatable bonds is 6. The number of fused-ring (bicyclic) bond motifs is 1. The fraction of sp³-hybridized carbons (Fsp3) is 0.500. The first-order valence-corrected chi connectivity index (χ1v) is 9.83. The Morgan fingerprint density at radius 2 is 2.15 bits per heavy atom. The van der Waals surface area contributed by atoms with E-state index >= 15 is 0 Å². The maximum Gasteiger partial charge on any atom is 0.316 e. The second-order valence-electron chi connectivity index (χ2n) is 6.03. The normalized spacial score (nSPS) is 15.3. The molecule has 2 heterocycles. The number of nitrogens with zero attached hydrogens (tertiary/aromatic N) is 4. The molecule has 1 aromatic heterocycles. The van der Waals surface area contributed by atoms with Crippen molar-refractivity contribution in [3.05, 3.63) is 24.0 Å². The van der Waals surface area contributed by atoms with E-state index in [1.807, 2.05) is 18.9 Å². The van der Waals surface area contributed by atoms with Gasteiger partial charge in [0.2, 0.25) is 10.0 Å². The van der Waals surface area contributed by atoms with E-state index < -0.39 is 16.1 Å². The highest BCUT2D eigenvalue weighted by molar-refractivity contribution is 7.89. The predicted octanol–water partition coefficient (Wildman–Crippen LogP) is 1.17. The van der Waals surface area contributed by atoms with Crippen LogP contribution in [0.1, 0.15) is 25.7 Å². The molecule has 1 atom stereocenters. The molecule has 0 fully saturated rings. The Labute approximate surface area is 153 Å². The number of anilines is 1. The van der Waals surface area contributed by atoms with Crippen LogP contribution in [-0.2, 0) is 16.6 Å². The van der Waals surface area contributed by atoms with Gasteiger partial charge in [0.05, 0.1) is 30.3 Å². The van der Waals surface area contributed by atoms with Crippen molar-refractivity contribution >= 4 is 15.7 Å². The molecule has 142 valence electrons. The topological polar surface area (TPSA) is 98.6 Å². The quantitative estimate of drug-likeness (QED) is 0.802. The van der Waals surface area contributed by atoms with Gasteiger partial charge in [0.25, 0.3) is 0 Å². The standard InChI is InChI=1S/C16H23N5O4S/c1-5-21-15(17-18-16(21)24-4)11(2)19-26(22,23)12-6-7-13-14(10-12)25-9-8-20(13)3/h6-7,10-11,19H,5,8-9H2,1-4H3/t11-/m1/s1. The highest BCUT2D eigenvalue weighted by Gasteiger charge is 2.25. The SMILES string of the molecule is CCn1c(OC)nnc1[C@@H](C)NS(=O)(=O)c1ccc2c(c1)OCCN2C.